The minimum Gasteiger partial charge on any atom is -0.343 e. The first-order valence-electron chi connectivity index (χ1n) is 9.97. The van der Waals surface area contributed by atoms with Gasteiger partial charge in [-0.3, -0.25) is 9.59 Å². The van der Waals surface area contributed by atoms with Crippen LogP contribution in [0, 0.1) is 0 Å². The van der Waals surface area contributed by atoms with Crippen LogP contribution in [0.2, 0.25) is 0 Å². The van der Waals surface area contributed by atoms with Gasteiger partial charge in [-0.2, -0.15) is 0 Å². The number of nitrogens with zero attached hydrogens (tertiary/aromatic N) is 1. The van der Waals surface area contributed by atoms with E-state index in [-0.39, 0.29) is 24.4 Å². The summed E-state index contributed by atoms with van der Waals surface area (Å²) < 4.78 is 0. The summed E-state index contributed by atoms with van der Waals surface area (Å²) in [4.78, 5) is 29.2. The Kier molecular flexibility index (Phi) is 6.25. The molecular formula is C24H24N2O2S2. The molecule has 1 atom stereocenters. The molecule has 0 bridgehead atoms. The van der Waals surface area contributed by atoms with Crippen LogP contribution in [0.25, 0.3) is 0 Å². The van der Waals surface area contributed by atoms with Gasteiger partial charge in [-0.05, 0) is 40.6 Å². The Morgan fingerprint density at radius 3 is 2.47 bits per heavy atom. The number of hydrogen-bond donors (Lipinski definition) is 1. The van der Waals surface area contributed by atoms with Gasteiger partial charge in [-0.15, -0.1) is 23.1 Å². The Bertz CT molecular complexity index is 1030. The molecule has 1 unspecified atom stereocenters. The lowest BCUT2D eigenvalue weighted by molar-refractivity contribution is -0.123. The van der Waals surface area contributed by atoms with Crippen molar-refractivity contribution in [3.63, 3.8) is 0 Å². The molecule has 0 spiro atoms. The van der Waals surface area contributed by atoms with Gasteiger partial charge in [0.2, 0.25) is 11.8 Å². The number of carbonyl (C=O) groups excluding carboxylic acids is 2. The number of benzene rings is 2. The Balaban J connectivity index is 1.55. The molecule has 2 aromatic carbocycles. The number of fused-ring (bicyclic) bond motifs is 1. The van der Waals surface area contributed by atoms with Crippen molar-refractivity contribution in [2.75, 3.05) is 17.2 Å². The van der Waals surface area contributed by atoms with Crippen molar-refractivity contribution in [2.45, 2.75) is 30.7 Å². The highest BCUT2D eigenvalue weighted by atomic mass is 32.2. The number of thiophene rings is 1. The second-order valence-corrected chi connectivity index (χ2v) is 9.57. The molecule has 1 aliphatic rings. The highest BCUT2D eigenvalue weighted by molar-refractivity contribution is 8.00. The molecule has 6 heteroatoms. The zero-order valence-electron chi connectivity index (χ0n) is 17.0. The summed E-state index contributed by atoms with van der Waals surface area (Å²) in [7, 11) is 0. The Hall–Kier alpha value is -2.57. The van der Waals surface area contributed by atoms with Gasteiger partial charge >= 0.3 is 0 Å². The third-order valence-electron chi connectivity index (χ3n) is 5.18. The predicted molar refractivity (Wildman–Crippen MR) is 124 cm³/mol. The maximum absolute atomic E-state index is 13.0. The minimum absolute atomic E-state index is 0.0162. The van der Waals surface area contributed by atoms with Crippen molar-refractivity contribution in [3.05, 3.63) is 82.0 Å². The van der Waals surface area contributed by atoms with Gasteiger partial charge in [0.1, 0.15) is 6.54 Å². The van der Waals surface area contributed by atoms with Crippen molar-refractivity contribution in [1.29, 1.82) is 0 Å². The first-order chi connectivity index (χ1) is 14.5. The second-order valence-electron chi connectivity index (χ2n) is 7.57. The van der Waals surface area contributed by atoms with E-state index in [0.717, 1.165) is 21.0 Å². The standard InChI is InChI=1S/C24H24N2O2S2/c1-16(2)17-9-11-18(12-10-17)24(21-8-5-13-29-21)25-22(27)14-26-19-6-3-4-7-20(19)30-15-23(26)28/h3-13,16,24H,14-15H2,1-2H3,(H,25,27). The lowest BCUT2D eigenvalue weighted by atomic mass is 9.98. The highest BCUT2D eigenvalue weighted by Crippen LogP contribution is 2.35. The lowest BCUT2D eigenvalue weighted by Gasteiger charge is -2.29. The molecule has 0 fully saturated rings. The van der Waals surface area contributed by atoms with Crippen LogP contribution < -0.4 is 10.2 Å². The van der Waals surface area contributed by atoms with Crippen molar-refractivity contribution in [1.82, 2.24) is 5.32 Å². The fourth-order valence-electron chi connectivity index (χ4n) is 3.53. The average Bonchev–Trinajstić information content (AvgIpc) is 3.29. The molecule has 30 heavy (non-hydrogen) atoms. The molecule has 2 amide bonds. The molecule has 0 saturated carbocycles. The quantitative estimate of drug-likeness (QED) is 0.577. The number of rotatable bonds is 6. The van der Waals surface area contributed by atoms with Crippen LogP contribution in [-0.2, 0) is 9.59 Å². The second kappa shape index (κ2) is 9.06. The van der Waals surface area contributed by atoms with Crippen LogP contribution in [0.1, 0.15) is 41.8 Å². The van der Waals surface area contributed by atoms with E-state index in [4.69, 9.17) is 0 Å². The predicted octanol–water partition coefficient (Wildman–Crippen LogP) is 5.22. The van der Waals surface area contributed by atoms with E-state index < -0.39 is 0 Å². The fraction of sp³-hybridized carbons (Fsp3) is 0.250. The summed E-state index contributed by atoms with van der Waals surface area (Å²) in [5.74, 6) is 0.603. The van der Waals surface area contributed by atoms with Crippen LogP contribution in [0.5, 0.6) is 0 Å². The fourth-order valence-corrected chi connectivity index (χ4v) is 5.26. The van der Waals surface area contributed by atoms with Gasteiger partial charge in [0.15, 0.2) is 0 Å². The Morgan fingerprint density at radius 1 is 1.03 bits per heavy atom. The number of hydrogen-bond acceptors (Lipinski definition) is 4. The van der Waals surface area contributed by atoms with Crippen molar-refractivity contribution in [2.24, 2.45) is 0 Å². The number of anilines is 1. The van der Waals surface area contributed by atoms with E-state index in [1.807, 2.05) is 41.8 Å². The monoisotopic (exact) mass is 436 g/mol. The molecular weight excluding hydrogens is 412 g/mol. The van der Waals surface area contributed by atoms with Crippen LogP contribution >= 0.6 is 23.1 Å². The molecule has 154 valence electrons. The van der Waals surface area contributed by atoms with Crippen molar-refractivity contribution < 1.29 is 9.59 Å². The largest absolute Gasteiger partial charge is 0.343 e. The molecule has 0 radical (unpaired) electrons. The third-order valence-corrected chi connectivity index (χ3v) is 7.16. The lowest BCUT2D eigenvalue weighted by Crippen LogP contribution is -2.44. The van der Waals surface area contributed by atoms with Crippen LogP contribution in [0.15, 0.2) is 70.9 Å². The molecule has 0 saturated heterocycles. The summed E-state index contributed by atoms with van der Waals surface area (Å²) in [6.07, 6.45) is 0. The van der Waals surface area contributed by atoms with E-state index in [2.05, 4.69) is 43.4 Å². The first kappa shape index (κ1) is 20.7. The molecule has 4 rings (SSSR count). The minimum atomic E-state index is -0.233. The summed E-state index contributed by atoms with van der Waals surface area (Å²) in [6, 6.07) is 19.9. The van der Waals surface area contributed by atoms with Gasteiger partial charge < -0.3 is 10.2 Å². The van der Waals surface area contributed by atoms with Gasteiger partial charge in [-0.25, -0.2) is 0 Å². The van der Waals surface area contributed by atoms with Crippen molar-refractivity contribution >= 4 is 40.6 Å². The third kappa shape index (κ3) is 4.45. The molecule has 1 aromatic heterocycles. The molecule has 1 aliphatic heterocycles. The van der Waals surface area contributed by atoms with E-state index in [1.165, 1.54) is 17.3 Å². The summed E-state index contributed by atoms with van der Waals surface area (Å²) in [5, 5.41) is 5.17. The average molecular weight is 437 g/mol. The Labute approximate surface area is 185 Å². The van der Waals surface area contributed by atoms with E-state index >= 15 is 0 Å². The number of carbonyl (C=O) groups is 2. The van der Waals surface area contributed by atoms with Gasteiger partial charge in [0.05, 0.1) is 17.5 Å². The van der Waals surface area contributed by atoms with Crippen molar-refractivity contribution in [3.8, 4) is 0 Å². The molecule has 1 N–H and O–H groups in total. The molecule has 4 nitrogen and oxygen atoms in total. The topological polar surface area (TPSA) is 49.4 Å². The van der Waals surface area contributed by atoms with E-state index in [0.29, 0.717) is 11.7 Å². The van der Waals surface area contributed by atoms with Gasteiger partial charge in [-0.1, -0.05) is 56.3 Å². The first-order valence-corrected chi connectivity index (χ1v) is 11.8. The number of amides is 2. The van der Waals surface area contributed by atoms with E-state index in [9.17, 15) is 9.59 Å². The SMILES string of the molecule is CC(C)c1ccc(C(NC(=O)CN2C(=O)CSc3ccccc32)c2cccs2)cc1. The number of para-hydroxylation sites is 1. The zero-order valence-corrected chi connectivity index (χ0v) is 18.6. The van der Waals surface area contributed by atoms with Crippen LogP contribution in [-0.4, -0.2) is 24.1 Å². The normalized spacial score (nSPS) is 14.5. The maximum atomic E-state index is 13.0. The van der Waals surface area contributed by atoms with Crippen LogP contribution in [0.3, 0.4) is 0 Å². The molecule has 2 heterocycles. The van der Waals surface area contributed by atoms with Crippen LogP contribution in [0.4, 0.5) is 5.69 Å². The molecule has 3 aromatic rings. The molecule has 0 aliphatic carbocycles. The van der Waals surface area contributed by atoms with Gasteiger partial charge in [0, 0.05) is 9.77 Å². The number of nitrogens with one attached hydrogen (secondary N) is 1. The summed E-state index contributed by atoms with van der Waals surface area (Å²) in [5.41, 5.74) is 3.11. The summed E-state index contributed by atoms with van der Waals surface area (Å²) in [6.45, 7) is 4.35. The smallest absolute Gasteiger partial charge is 0.240 e. The maximum Gasteiger partial charge on any atom is 0.240 e. The van der Waals surface area contributed by atoms with E-state index in [1.54, 1.807) is 16.2 Å². The number of thioether (sulfide) groups is 1. The highest BCUT2D eigenvalue weighted by Gasteiger charge is 2.27. The Morgan fingerprint density at radius 2 is 1.77 bits per heavy atom. The zero-order chi connectivity index (χ0) is 21.1. The van der Waals surface area contributed by atoms with Gasteiger partial charge in [0.25, 0.3) is 0 Å². The summed E-state index contributed by atoms with van der Waals surface area (Å²) >= 11 is 3.13.